The summed E-state index contributed by atoms with van der Waals surface area (Å²) in [5.41, 5.74) is 1.08. The molecule has 0 aromatic carbocycles. The maximum atomic E-state index is 11.8. The number of amides is 2. The molecule has 7 heteroatoms. The van der Waals surface area contributed by atoms with E-state index in [-0.39, 0.29) is 12.1 Å². The first kappa shape index (κ1) is 13.8. The number of nitrogens with one attached hydrogen (secondary N) is 2. The summed E-state index contributed by atoms with van der Waals surface area (Å²) in [6, 6.07) is -0.0994. The highest BCUT2D eigenvalue weighted by molar-refractivity contribution is 5.73. The van der Waals surface area contributed by atoms with Gasteiger partial charge in [-0.2, -0.15) is 5.10 Å². The van der Waals surface area contributed by atoms with Crippen molar-refractivity contribution in [3.63, 3.8) is 0 Å². The largest absolute Gasteiger partial charge is 0.376 e. The molecule has 1 aromatic heterocycles. The van der Waals surface area contributed by atoms with Crippen LogP contribution in [0.4, 0.5) is 4.79 Å². The molecule has 1 aliphatic heterocycles. The zero-order valence-corrected chi connectivity index (χ0v) is 11.1. The molecule has 7 nitrogen and oxygen atoms in total. The molecule has 1 fully saturated rings. The molecular formula is C12H20N4O3. The fourth-order valence-electron chi connectivity index (χ4n) is 1.89. The third-order valence-corrected chi connectivity index (χ3v) is 2.95. The third kappa shape index (κ3) is 4.53. The Kier molecular flexibility index (Phi) is 5.17. The zero-order chi connectivity index (χ0) is 13.5. The summed E-state index contributed by atoms with van der Waals surface area (Å²) in [5.74, 6) is 0. The van der Waals surface area contributed by atoms with Crippen LogP contribution in [0.3, 0.4) is 0 Å². The Morgan fingerprint density at radius 3 is 3.21 bits per heavy atom. The van der Waals surface area contributed by atoms with Crippen molar-refractivity contribution in [3.05, 3.63) is 18.0 Å². The van der Waals surface area contributed by atoms with Crippen LogP contribution in [-0.2, 0) is 15.9 Å². The first-order chi connectivity index (χ1) is 9.25. The summed E-state index contributed by atoms with van der Waals surface area (Å²) in [5, 5.41) is 9.45. The molecule has 1 aliphatic rings. The van der Waals surface area contributed by atoms with Crippen LogP contribution in [0.25, 0.3) is 0 Å². The fourth-order valence-corrected chi connectivity index (χ4v) is 1.89. The van der Waals surface area contributed by atoms with Crippen LogP contribution in [0.15, 0.2) is 12.4 Å². The minimum Gasteiger partial charge on any atom is -0.376 e. The number of aromatic amines is 1. The van der Waals surface area contributed by atoms with Gasteiger partial charge in [0.25, 0.3) is 0 Å². The quantitative estimate of drug-likeness (QED) is 0.788. The molecule has 2 heterocycles. The van der Waals surface area contributed by atoms with E-state index in [0.717, 1.165) is 12.0 Å². The Morgan fingerprint density at radius 2 is 2.53 bits per heavy atom. The lowest BCUT2D eigenvalue weighted by atomic mass is 10.2. The monoisotopic (exact) mass is 268 g/mol. The zero-order valence-electron chi connectivity index (χ0n) is 11.1. The van der Waals surface area contributed by atoms with E-state index < -0.39 is 0 Å². The van der Waals surface area contributed by atoms with Gasteiger partial charge in [-0.05, 0) is 12.0 Å². The molecule has 0 radical (unpaired) electrons. The lowest BCUT2D eigenvalue weighted by molar-refractivity contribution is -0.0928. The SMILES string of the molecule is CN(C[C@@H]1COCCO1)C(=O)NCCc1cn[nH]c1. The number of hydrogen-bond donors (Lipinski definition) is 2. The molecule has 106 valence electrons. The standard InChI is InChI=1S/C12H20N4O3/c1-16(8-11-9-18-4-5-19-11)12(17)13-3-2-10-6-14-15-7-10/h6-7,11H,2-5,8-9H2,1H3,(H,13,17)(H,14,15)/t11-/m1/s1. The van der Waals surface area contributed by atoms with E-state index in [1.165, 1.54) is 0 Å². The molecular weight excluding hydrogens is 248 g/mol. The molecule has 0 saturated carbocycles. The summed E-state index contributed by atoms with van der Waals surface area (Å²) < 4.78 is 10.8. The van der Waals surface area contributed by atoms with E-state index in [9.17, 15) is 4.79 Å². The molecule has 2 amide bonds. The highest BCUT2D eigenvalue weighted by Gasteiger charge is 2.18. The predicted molar refractivity (Wildman–Crippen MR) is 68.9 cm³/mol. The average molecular weight is 268 g/mol. The smallest absolute Gasteiger partial charge is 0.317 e. The number of aromatic nitrogens is 2. The van der Waals surface area contributed by atoms with Crippen molar-refractivity contribution in [1.29, 1.82) is 0 Å². The van der Waals surface area contributed by atoms with Gasteiger partial charge in [-0.1, -0.05) is 0 Å². The number of hydrogen-bond acceptors (Lipinski definition) is 4. The molecule has 0 unspecified atom stereocenters. The molecule has 1 aromatic rings. The fraction of sp³-hybridized carbons (Fsp3) is 0.667. The normalized spacial score (nSPS) is 19.1. The second-order valence-corrected chi connectivity index (χ2v) is 4.54. The van der Waals surface area contributed by atoms with Crippen molar-refractivity contribution in [2.75, 3.05) is 40.0 Å². The second-order valence-electron chi connectivity index (χ2n) is 4.54. The van der Waals surface area contributed by atoms with E-state index in [1.54, 1.807) is 18.1 Å². The molecule has 0 spiro atoms. The summed E-state index contributed by atoms with van der Waals surface area (Å²) in [7, 11) is 1.76. The molecule has 0 bridgehead atoms. The van der Waals surface area contributed by atoms with Gasteiger partial charge in [-0.15, -0.1) is 0 Å². The maximum absolute atomic E-state index is 11.8. The van der Waals surface area contributed by atoms with Gasteiger partial charge < -0.3 is 19.7 Å². The van der Waals surface area contributed by atoms with Gasteiger partial charge in [-0.25, -0.2) is 4.79 Å². The Morgan fingerprint density at radius 1 is 1.63 bits per heavy atom. The summed E-state index contributed by atoms with van der Waals surface area (Å²) in [6.07, 6.45) is 4.31. The number of urea groups is 1. The highest BCUT2D eigenvalue weighted by Crippen LogP contribution is 2.02. The van der Waals surface area contributed by atoms with Crippen LogP contribution in [-0.4, -0.2) is 67.2 Å². The van der Waals surface area contributed by atoms with Gasteiger partial charge in [-0.3, -0.25) is 5.10 Å². The lowest BCUT2D eigenvalue weighted by Crippen LogP contribution is -2.45. The second kappa shape index (κ2) is 7.10. The molecule has 2 N–H and O–H groups in total. The number of rotatable bonds is 5. The average Bonchev–Trinajstić information content (AvgIpc) is 2.93. The van der Waals surface area contributed by atoms with Crippen molar-refractivity contribution < 1.29 is 14.3 Å². The number of H-pyrrole nitrogens is 1. The van der Waals surface area contributed by atoms with Crippen LogP contribution >= 0.6 is 0 Å². The maximum Gasteiger partial charge on any atom is 0.317 e. The molecule has 1 saturated heterocycles. The number of carbonyl (C=O) groups excluding carboxylic acids is 1. The minimum absolute atomic E-state index is 0.0293. The van der Waals surface area contributed by atoms with Crippen molar-refractivity contribution in [3.8, 4) is 0 Å². The van der Waals surface area contributed by atoms with Crippen molar-refractivity contribution >= 4 is 6.03 Å². The van der Waals surface area contributed by atoms with Crippen LogP contribution in [0.2, 0.25) is 0 Å². The summed E-state index contributed by atoms with van der Waals surface area (Å²) in [6.45, 7) is 2.91. The summed E-state index contributed by atoms with van der Waals surface area (Å²) >= 11 is 0. The van der Waals surface area contributed by atoms with Gasteiger partial charge in [0.05, 0.1) is 38.7 Å². The molecule has 1 atom stereocenters. The third-order valence-electron chi connectivity index (χ3n) is 2.95. The van der Waals surface area contributed by atoms with Gasteiger partial charge >= 0.3 is 6.03 Å². The van der Waals surface area contributed by atoms with E-state index in [0.29, 0.717) is 32.9 Å². The Balaban J connectivity index is 1.64. The predicted octanol–water partition coefficient (Wildman–Crippen LogP) is 0.00900. The highest BCUT2D eigenvalue weighted by atomic mass is 16.6. The lowest BCUT2D eigenvalue weighted by Gasteiger charge is -2.27. The van der Waals surface area contributed by atoms with Gasteiger partial charge in [0.15, 0.2) is 0 Å². The Hall–Kier alpha value is -1.60. The van der Waals surface area contributed by atoms with Crippen LogP contribution in [0, 0.1) is 0 Å². The first-order valence-electron chi connectivity index (χ1n) is 6.41. The van der Waals surface area contributed by atoms with E-state index >= 15 is 0 Å². The van der Waals surface area contributed by atoms with Crippen LogP contribution in [0.1, 0.15) is 5.56 Å². The molecule has 19 heavy (non-hydrogen) atoms. The van der Waals surface area contributed by atoms with Gasteiger partial charge in [0.1, 0.15) is 0 Å². The van der Waals surface area contributed by atoms with Crippen molar-refractivity contribution in [2.45, 2.75) is 12.5 Å². The summed E-state index contributed by atoms with van der Waals surface area (Å²) in [4.78, 5) is 13.5. The van der Waals surface area contributed by atoms with Crippen molar-refractivity contribution in [2.24, 2.45) is 0 Å². The van der Waals surface area contributed by atoms with E-state index in [1.807, 2.05) is 6.20 Å². The van der Waals surface area contributed by atoms with Gasteiger partial charge in [0.2, 0.25) is 0 Å². The van der Waals surface area contributed by atoms with Crippen LogP contribution in [0.5, 0.6) is 0 Å². The minimum atomic E-state index is -0.0994. The van der Waals surface area contributed by atoms with E-state index in [2.05, 4.69) is 15.5 Å². The first-order valence-corrected chi connectivity index (χ1v) is 6.41. The Bertz CT molecular complexity index is 376. The number of likely N-dealkylation sites (N-methyl/N-ethyl adjacent to an activating group) is 1. The molecule has 2 rings (SSSR count). The van der Waals surface area contributed by atoms with Crippen molar-refractivity contribution in [1.82, 2.24) is 20.4 Å². The van der Waals surface area contributed by atoms with Crippen LogP contribution < -0.4 is 5.32 Å². The van der Waals surface area contributed by atoms with E-state index in [4.69, 9.17) is 9.47 Å². The Labute approximate surface area is 112 Å². The number of ether oxygens (including phenoxy) is 2. The number of nitrogens with zero attached hydrogens (tertiary/aromatic N) is 2. The van der Waals surface area contributed by atoms with Gasteiger partial charge in [0, 0.05) is 19.8 Å². The number of carbonyl (C=O) groups is 1. The topological polar surface area (TPSA) is 79.5 Å². The molecule has 0 aliphatic carbocycles.